The van der Waals surface area contributed by atoms with Gasteiger partial charge in [-0.2, -0.15) is 0 Å². The van der Waals surface area contributed by atoms with Gasteiger partial charge >= 0.3 is 0 Å². The number of carbonyl (C=O) groups is 1. The largest absolute Gasteiger partial charge is 0.377 e. The van der Waals surface area contributed by atoms with Gasteiger partial charge in [0.1, 0.15) is 0 Å². The van der Waals surface area contributed by atoms with Crippen molar-refractivity contribution in [3.8, 4) is 0 Å². The number of amides is 1. The number of piperazine rings is 1. The molecule has 1 unspecified atom stereocenters. The van der Waals surface area contributed by atoms with Crippen LogP contribution in [0.2, 0.25) is 0 Å². The molecule has 4 nitrogen and oxygen atoms in total. The second-order valence-corrected chi connectivity index (χ2v) is 8.87. The van der Waals surface area contributed by atoms with Gasteiger partial charge in [0.25, 0.3) is 5.91 Å². The zero-order valence-electron chi connectivity index (χ0n) is 17.0. The second kappa shape index (κ2) is 10.3. The topological polar surface area (TPSA) is 32.8 Å². The summed E-state index contributed by atoms with van der Waals surface area (Å²) in [5, 5.41) is 0. The van der Waals surface area contributed by atoms with E-state index in [9.17, 15) is 4.79 Å². The van der Waals surface area contributed by atoms with Crippen LogP contribution in [0.1, 0.15) is 28.8 Å². The molecule has 0 aliphatic carbocycles. The number of rotatable bonds is 7. The summed E-state index contributed by atoms with van der Waals surface area (Å²) in [6.45, 7) is 5.44. The quantitative estimate of drug-likeness (QED) is 0.647. The SMILES string of the molecule is O=C(c1ccccc1SCC1CCCO1)N1CCN(CCc2ccccc2)CC1. The lowest BCUT2D eigenvalue weighted by Gasteiger charge is -2.35. The van der Waals surface area contributed by atoms with Crippen LogP contribution in [0.3, 0.4) is 0 Å². The highest BCUT2D eigenvalue weighted by Crippen LogP contribution is 2.27. The van der Waals surface area contributed by atoms with Crippen LogP contribution in [0.15, 0.2) is 59.5 Å². The van der Waals surface area contributed by atoms with E-state index in [1.54, 1.807) is 11.8 Å². The van der Waals surface area contributed by atoms with E-state index >= 15 is 0 Å². The Kier molecular flexibility index (Phi) is 7.25. The molecule has 0 saturated carbocycles. The van der Waals surface area contributed by atoms with Crippen LogP contribution in [-0.2, 0) is 11.2 Å². The van der Waals surface area contributed by atoms with Gasteiger partial charge in [0, 0.05) is 50.0 Å². The second-order valence-electron chi connectivity index (χ2n) is 7.81. The normalized spacial score (nSPS) is 20.1. The maximum absolute atomic E-state index is 13.2. The molecule has 0 spiro atoms. The van der Waals surface area contributed by atoms with Crippen molar-refractivity contribution in [2.75, 3.05) is 45.1 Å². The number of nitrogens with zero attached hydrogens (tertiary/aromatic N) is 2. The van der Waals surface area contributed by atoms with Crippen molar-refractivity contribution >= 4 is 17.7 Å². The molecule has 0 aromatic heterocycles. The first-order chi connectivity index (χ1) is 14.3. The van der Waals surface area contributed by atoms with Crippen LogP contribution >= 0.6 is 11.8 Å². The summed E-state index contributed by atoms with van der Waals surface area (Å²) in [6.07, 6.45) is 3.68. The molecule has 2 heterocycles. The van der Waals surface area contributed by atoms with Gasteiger partial charge in [0.15, 0.2) is 0 Å². The average molecular weight is 411 g/mol. The van der Waals surface area contributed by atoms with E-state index in [2.05, 4.69) is 41.3 Å². The predicted molar refractivity (Wildman–Crippen MR) is 119 cm³/mol. The molecule has 2 fully saturated rings. The van der Waals surface area contributed by atoms with E-state index in [-0.39, 0.29) is 5.91 Å². The molecule has 154 valence electrons. The molecule has 0 bridgehead atoms. The van der Waals surface area contributed by atoms with E-state index in [0.29, 0.717) is 6.10 Å². The summed E-state index contributed by atoms with van der Waals surface area (Å²) in [5.41, 5.74) is 2.22. The van der Waals surface area contributed by atoms with Gasteiger partial charge in [-0.3, -0.25) is 9.69 Å². The third-order valence-electron chi connectivity index (χ3n) is 5.79. The van der Waals surface area contributed by atoms with Crippen LogP contribution in [0.4, 0.5) is 0 Å². The third kappa shape index (κ3) is 5.62. The molecule has 2 aliphatic heterocycles. The number of ether oxygens (including phenoxy) is 1. The lowest BCUT2D eigenvalue weighted by molar-refractivity contribution is 0.0635. The molecule has 2 aliphatic rings. The summed E-state index contributed by atoms with van der Waals surface area (Å²) in [5.74, 6) is 1.10. The van der Waals surface area contributed by atoms with Crippen LogP contribution in [0.25, 0.3) is 0 Å². The smallest absolute Gasteiger partial charge is 0.255 e. The average Bonchev–Trinajstić information content (AvgIpc) is 3.31. The monoisotopic (exact) mass is 410 g/mol. The molecule has 1 amide bonds. The minimum Gasteiger partial charge on any atom is -0.377 e. The molecule has 0 radical (unpaired) electrons. The van der Waals surface area contributed by atoms with Crippen molar-refractivity contribution in [3.63, 3.8) is 0 Å². The Morgan fingerprint density at radius 3 is 2.52 bits per heavy atom. The van der Waals surface area contributed by atoms with E-state index in [1.807, 2.05) is 23.1 Å². The molecule has 1 atom stereocenters. The van der Waals surface area contributed by atoms with E-state index < -0.39 is 0 Å². The van der Waals surface area contributed by atoms with Gasteiger partial charge in [0.2, 0.25) is 0 Å². The highest BCUT2D eigenvalue weighted by molar-refractivity contribution is 7.99. The van der Waals surface area contributed by atoms with E-state index in [0.717, 1.165) is 74.8 Å². The van der Waals surface area contributed by atoms with Gasteiger partial charge < -0.3 is 9.64 Å². The van der Waals surface area contributed by atoms with E-state index in [4.69, 9.17) is 4.74 Å². The van der Waals surface area contributed by atoms with Crippen molar-refractivity contribution in [1.29, 1.82) is 0 Å². The van der Waals surface area contributed by atoms with Gasteiger partial charge in [-0.25, -0.2) is 0 Å². The minimum atomic E-state index is 0.170. The maximum atomic E-state index is 13.2. The first-order valence-electron chi connectivity index (χ1n) is 10.7. The number of benzene rings is 2. The molecule has 4 rings (SSSR count). The third-order valence-corrected chi connectivity index (χ3v) is 6.99. The summed E-state index contributed by atoms with van der Waals surface area (Å²) < 4.78 is 5.74. The molecule has 29 heavy (non-hydrogen) atoms. The van der Waals surface area contributed by atoms with Gasteiger partial charge in [-0.1, -0.05) is 42.5 Å². The maximum Gasteiger partial charge on any atom is 0.255 e. The summed E-state index contributed by atoms with van der Waals surface area (Å²) in [6, 6.07) is 18.7. The minimum absolute atomic E-state index is 0.170. The van der Waals surface area contributed by atoms with Crippen molar-refractivity contribution in [2.45, 2.75) is 30.3 Å². The first-order valence-corrected chi connectivity index (χ1v) is 11.7. The zero-order valence-corrected chi connectivity index (χ0v) is 17.8. The Hall–Kier alpha value is -1.82. The van der Waals surface area contributed by atoms with Crippen molar-refractivity contribution in [3.05, 3.63) is 65.7 Å². The number of carbonyl (C=O) groups excluding carboxylic acids is 1. The number of thioether (sulfide) groups is 1. The predicted octanol–water partition coefficient (Wildman–Crippen LogP) is 3.96. The molecule has 2 aromatic carbocycles. The van der Waals surface area contributed by atoms with Gasteiger partial charge in [0.05, 0.1) is 11.7 Å². The van der Waals surface area contributed by atoms with Crippen LogP contribution in [-0.4, -0.2) is 66.9 Å². The fourth-order valence-electron chi connectivity index (χ4n) is 4.00. The lowest BCUT2D eigenvalue weighted by Crippen LogP contribution is -2.49. The fourth-order valence-corrected chi connectivity index (χ4v) is 5.12. The van der Waals surface area contributed by atoms with E-state index in [1.165, 1.54) is 5.56 Å². The standard InChI is InChI=1S/C24H30N2O2S/c27-24(22-10-4-5-11-23(22)29-19-21-9-6-18-28-21)26-16-14-25(15-17-26)13-12-20-7-2-1-3-8-20/h1-5,7-8,10-11,21H,6,9,12-19H2. The van der Waals surface area contributed by atoms with Crippen molar-refractivity contribution in [2.24, 2.45) is 0 Å². The highest BCUT2D eigenvalue weighted by atomic mass is 32.2. The Balaban J connectivity index is 1.29. The molecule has 0 N–H and O–H groups in total. The molecule has 5 heteroatoms. The summed E-state index contributed by atoms with van der Waals surface area (Å²) in [4.78, 5) is 18.7. The Morgan fingerprint density at radius 2 is 1.76 bits per heavy atom. The zero-order chi connectivity index (χ0) is 19.9. The highest BCUT2D eigenvalue weighted by Gasteiger charge is 2.24. The number of hydrogen-bond donors (Lipinski definition) is 0. The summed E-state index contributed by atoms with van der Waals surface area (Å²) >= 11 is 1.76. The fraction of sp³-hybridized carbons (Fsp3) is 0.458. The molecular weight excluding hydrogens is 380 g/mol. The van der Waals surface area contributed by atoms with Crippen LogP contribution < -0.4 is 0 Å². The first kappa shape index (κ1) is 20.5. The summed E-state index contributed by atoms with van der Waals surface area (Å²) in [7, 11) is 0. The Bertz CT molecular complexity index is 784. The Morgan fingerprint density at radius 1 is 1.00 bits per heavy atom. The van der Waals surface area contributed by atoms with Gasteiger partial charge in [-0.15, -0.1) is 11.8 Å². The molecular formula is C24H30N2O2S. The Labute approximate surface area is 178 Å². The van der Waals surface area contributed by atoms with Crippen molar-refractivity contribution in [1.82, 2.24) is 9.80 Å². The van der Waals surface area contributed by atoms with Crippen LogP contribution in [0.5, 0.6) is 0 Å². The molecule has 2 aromatic rings. The van der Waals surface area contributed by atoms with Gasteiger partial charge in [-0.05, 0) is 37.0 Å². The molecule has 2 saturated heterocycles. The lowest BCUT2D eigenvalue weighted by atomic mass is 10.1. The van der Waals surface area contributed by atoms with Crippen LogP contribution in [0, 0.1) is 0 Å². The number of hydrogen-bond acceptors (Lipinski definition) is 4. The van der Waals surface area contributed by atoms with Crippen molar-refractivity contribution < 1.29 is 9.53 Å².